The molecule has 0 aliphatic heterocycles. The van der Waals surface area contributed by atoms with Crippen LogP contribution in [-0.2, 0) is 0 Å². The fraction of sp³-hybridized carbons (Fsp3) is 0. The fourth-order valence-electron chi connectivity index (χ4n) is 7.89. The van der Waals surface area contributed by atoms with Crippen LogP contribution in [0.2, 0.25) is 0 Å². The van der Waals surface area contributed by atoms with Gasteiger partial charge in [-0.2, -0.15) is 0 Å². The summed E-state index contributed by atoms with van der Waals surface area (Å²) in [5.74, 6) is 0.642. The molecule has 0 spiro atoms. The van der Waals surface area contributed by atoms with Crippen LogP contribution in [0.4, 0.5) is 0 Å². The highest BCUT2D eigenvalue weighted by molar-refractivity contribution is 6.33. The van der Waals surface area contributed by atoms with Crippen LogP contribution in [-0.4, -0.2) is 14.5 Å². The van der Waals surface area contributed by atoms with Crippen molar-refractivity contribution in [1.82, 2.24) is 14.5 Å². The lowest BCUT2D eigenvalue weighted by atomic mass is 9.91. The molecule has 10 aromatic rings. The van der Waals surface area contributed by atoms with Crippen LogP contribution >= 0.6 is 0 Å². The van der Waals surface area contributed by atoms with Crippen molar-refractivity contribution in [3.63, 3.8) is 0 Å². The van der Waals surface area contributed by atoms with Gasteiger partial charge < -0.3 is 4.42 Å². The summed E-state index contributed by atoms with van der Waals surface area (Å²) in [6.45, 7) is 0. The number of para-hydroxylation sites is 2. The molecule has 0 amide bonds. The molecule has 0 saturated heterocycles. The monoisotopic (exact) mass is 585 g/mol. The van der Waals surface area contributed by atoms with Crippen molar-refractivity contribution in [2.24, 2.45) is 0 Å². The van der Waals surface area contributed by atoms with E-state index in [2.05, 4.69) is 126 Å². The second-order valence-corrected chi connectivity index (χ2v) is 12.1. The highest BCUT2D eigenvalue weighted by atomic mass is 16.3. The average molecular weight is 586 g/mol. The Morgan fingerprint density at radius 1 is 0.478 bits per heavy atom. The highest BCUT2D eigenvalue weighted by Gasteiger charge is 2.29. The van der Waals surface area contributed by atoms with Crippen LogP contribution < -0.4 is 0 Å². The van der Waals surface area contributed by atoms with E-state index in [0.717, 1.165) is 55.1 Å². The maximum absolute atomic E-state index is 6.64. The minimum absolute atomic E-state index is 0.642. The molecule has 1 aliphatic rings. The van der Waals surface area contributed by atoms with Crippen LogP contribution in [0.5, 0.6) is 0 Å². The van der Waals surface area contributed by atoms with E-state index in [-0.39, 0.29) is 0 Å². The van der Waals surface area contributed by atoms with E-state index in [1.807, 2.05) is 18.2 Å². The lowest BCUT2D eigenvalue weighted by Gasteiger charge is -2.14. The van der Waals surface area contributed by atoms with Crippen molar-refractivity contribution in [2.75, 3.05) is 0 Å². The minimum Gasteiger partial charge on any atom is -0.456 e. The molecule has 0 N–H and O–H groups in total. The molecular formula is C42H23N3O. The molecule has 0 bridgehead atoms. The Kier molecular flexibility index (Phi) is 4.55. The summed E-state index contributed by atoms with van der Waals surface area (Å²) in [4.78, 5) is 10.6. The summed E-state index contributed by atoms with van der Waals surface area (Å²) < 4.78 is 8.89. The Morgan fingerprint density at radius 3 is 2.07 bits per heavy atom. The zero-order chi connectivity index (χ0) is 29.9. The molecule has 212 valence electrons. The van der Waals surface area contributed by atoms with Crippen molar-refractivity contribution < 1.29 is 4.42 Å². The van der Waals surface area contributed by atoms with E-state index in [0.29, 0.717) is 5.95 Å². The molecule has 0 unspecified atom stereocenters. The first kappa shape index (κ1) is 24.1. The number of furan rings is 1. The molecule has 0 fully saturated rings. The molecule has 0 saturated carbocycles. The fourth-order valence-corrected chi connectivity index (χ4v) is 7.89. The van der Waals surface area contributed by atoms with Crippen molar-refractivity contribution in [3.05, 3.63) is 140 Å². The van der Waals surface area contributed by atoms with Gasteiger partial charge in [-0.3, -0.25) is 4.57 Å². The van der Waals surface area contributed by atoms with Crippen LogP contribution in [0.25, 0.3) is 105 Å². The van der Waals surface area contributed by atoms with E-state index in [1.54, 1.807) is 0 Å². The lowest BCUT2D eigenvalue weighted by molar-refractivity contribution is 0.669. The van der Waals surface area contributed by atoms with Gasteiger partial charge in [0.25, 0.3) is 0 Å². The third kappa shape index (κ3) is 3.03. The topological polar surface area (TPSA) is 43.9 Å². The Hall–Kier alpha value is -6.26. The number of hydrogen-bond acceptors (Lipinski definition) is 3. The van der Waals surface area contributed by atoms with Crippen molar-refractivity contribution in [1.29, 1.82) is 0 Å². The van der Waals surface area contributed by atoms with Gasteiger partial charge in [-0.1, -0.05) is 115 Å². The number of hydrogen-bond donors (Lipinski definition) is 0. The third-order valence-electron chi connectivity index (χ3n) is 9.72. The summed E-state index contributed by atoms with van der Waals surface area (Å²) >= 11 is 0. The van der Waals surface area contributed by atoms with Crippen molar-refractivity contribution in [3.8, 4) is 39.5 Å². The first-order valence-corrected chi connectivity index (χ1v) is 15.6. The highest BCUT2D eigenvalue weighted by Crippen LogP contribution is 2.53. The summed E-state index contributed by atoms with van der Waals surface area (Å²) in [7, 11) is 0. The summed E-state index contributed by atoms with van der Waals surface area (Å²) in [6.07, 6.45) is 0. The predicted molar refractivity (Wildman–Crippen MR) is 189 cm³/mol. The average Bonchev–Trinajstić information content (AvgIpc) is 3.61. The lowest BCUT2D eigenvalue weighted by Crippen LogP contribution is -2.03. The van der Waals surface area contributed by atoms with E-state index >= 15 is 0 Å². The largest absolute Gasteiger partial charge is 0.456 e. The standard InChI is InChI=1S/C42H23N3O/c1-2-11-25(12-3-1)41-28-15-4-6-20-31(28)43-42(44-41)45-32-21-10-18-27-26-17-8-13-24-14-9-19-30(36(24)26)39-38-29-16-5-7-22-34(29)46-35(38)23-33(45)40(39)37(27)32/h1-23H. The molecule has 0 atom stereocenters. The normalized spacial score (nSPS) is 12.3. The predicted octanol–water partition coefficient (Wildman–Crippen LogP) is 11.1. The molecular weight excluding hydrogens is 562 g/mol. The van der Waals surface area contributed by atoms with Crippen LogP contribution in [0, 0.1) is 0 Å². The molecule has 46 heavy (non-hydrogen) atoms. The van der Waals surface area contributed by atoms with Crippen LogP contribution in [0.15, 0.2) is 144 Å². The van der Waals surface area contributed by atoms with Crippen LogP contribution in [0.3, 0.4) is 0 Å². The number of rotatable bonds is 2. The van der Waals surface area contributed by atoms with Gasteiger partial charge in [0.05, 0.1) is 22.2 Å². The van der Waals surface area contributed by atoms with Gasteiger partial charge in [0.1, 0.15) is 11.2 Å². The number of benzene rings is 7. The van der Waals surface area contributed by atoms with Crippen LogP contribution in [0.1, 0.15) is 0 Å². The zero-order valence-corrected chi connectivity index (χ0v) is 24.5. The second-order valence-electron chi connectivity index (χ2n) is 12.1. The number of fused-ring (bicyclic) bond motifs is 7. The van der Waals surface area contributed by atoms with Gasteiger partial charge in [-0.25, -0.2) is 9.97 Å². The first-order valence-electron chi connectivity index (χ1n) is 15.6. The van der Waals surface area contributed by atoms with Gasteiger partial charge in [0.15, 0.2) is 0 Å². The van der Waals surface area contributed by atoms with E-state index in [9.17, 15) is 0 Å². The maximum Gasteiger partial charge on any atom is 0.235 e. The smallest absolute Gasteiger partial charge is 0.235 e. The molecule has 4 heteroatoms. The molecule has 11 rings (SSSR count). The van der Waals surface area contributed by atoms with Gasteiger partial charge >= 0.3 is 0 Å². The zero-order valence-electron chi connectivity index (χ0n) is 24.5. The third-order valence-corrected chi connectivity index (χ3v) is 9.72. The molecule has 1 aliphatic carbocycles. The van der Waals surface area contributed by atoms with Gasteiger partial charge in [0.2, 0.25) is 5.95 Å². The van der Waals surface area contributed by atoms with Gasteiger partial charge in [-0.05, 0) is 45.7 Å². The Balaban J connectivity index is 1.39. The molecule has 3 aromatic heterocycles. The molecule has 4 nitrogen and oxygen atoms in total. The summed E-state index contributed by atoms with van der Waals surface area (Å²) in [5.41, 5.74) is 11.6. The van der Waals surface area contributed by atoms with E-state index in [1.165, 1.54) is 43.8 Å². The van der Waals surface area contributed by atoms with Crippen molar-refractivity contribution in [2.45, 2.75) is 0 Å². The number of nitrogens with zero attached hydrogens (tertiary/aromatic N) is 3. The second kappa shape index (κ2) is 8.68. The van der Waals surface area contributed by atoms with E-state index < -0.39 is 0 Å². The summed E-state index contributed by atoms with van der Waals surface area (Å²) in [5, 5.41) is 8.21. The van der Waals surface area contributed by atoms with Gasteiger partial charge in [-0.15, -0.1) is 0 Å². The van der Waals surface area contributed by atoms with Crippen molar-refractivity contribution >= 4 is 65.4 Å². The molecule has 0 radical (unpaired) electrons. The number of aromatic nitrogens is 3. The Labute approximate surface area is 262 Å². The first-order chi connectivity index (χ1) is 22.8. The minimum atomic E-state index is 0.642. The molecule has 7 aromatic carbocycles. The maximum atomic E-state index is 6.64. The molecule has 3 heterocycles. The Morgan fingerprint density at radius 2 is 1.20 bits per heavy atom. The quantitative estimate of drug-likeness (QED) is 0.203. The Bertz CT molecular complexity index is 2910. The van der Waals surface area contributed by atoms with E-state index in [4.69, 9.17) is 14.4 Å². The summed E-state index contributed by atoms with van der Waals surface area (Å²) in [6, 6.07) is 49.2. The SMILES string of the molecule is c1ccc(-c2nc(-n3c4cccc5c4c4c(c6c(cc43)oc3ccccc36)-c3cccc4cccc-5c34)nc3ccccc23)cc1. The van der Waals surface area contributed by atoms with Gasteiger partial charge in [0, 0.05) is 44.1 Å².